The maximum atomic E-state index is 4.44. The average Bonchev–Trinajstić information content (AvgIpc) is 2.77. The van der Waals surface area contributed by atoms with Crippen molar-refractivity contribution in [2.45, 2.75) is 26.8 Å². The molecule has 0 bridgehead atoms. The maximum Gasteiger partial charge on any atom is 0.183 e. The third kappa shape index (κ3) is 2.18. The second kappa shape index (κ2) is 4.02. The Labute approximate surface area is 92.8 Å². The number of thiazole rings is 1. The van der Waals surface area contributed by atoms with E-state index in [2.05, 4.69) is 34.3 Å². The molecule has 0 saturated heterocycles. The SMILES string of the molecule is Cc1nc(NC(C)c2cn[nH]c2)sc1C. The summed E-state index contributed by atoms with van der Waals surface area (Å²) in [4.78, 5) is 5.70. The lowest BCUT2D eigenvalue weighted by Gasteiger charge is -2.09. The van der Waals surface area contributed by atoms with Crippen LogP contribution in [0.1, 0.15) is 29.1 Å². The molecule has 0 saturated carbocycles. The van der Waals surface area contributed by atoms with Gasteiger partial charge in [-0.1, -0.05) is 0 Å². The average molecular weight is 222 g/mol. The van der Waals surface area contributed by atoms with Gasteiger partial charge in [0.05, 0.1) is 17.9 Å². The minimum absolute atomic E-state index is 0.230. The zero-order chi connectivity index (χ0) is 10.8. The van der Waals surface area contributed by atoms with Crippen molar-refractivity contribution in [2.75, 3.05) is 5.32 Å². The monoisotopic (exact) mass is 222 g/mol. The molecule has 4 nitrogen and oxygen atoms in total. The topological polar surface area (TPSA) is 53.6 Å². The van der Waals surface area contributed by atoms with Crippen molar-refractivity contribution in [3.63, 3.8) is 0 Å². The van der Waals surface area contributed by atoms with Crippen molar-refractivity contribution in [3.8, 4) is 0 Å². The van der Waals surface area contributed by atoms with Crippen molar-refractivity contribution in [2.24, 2.45) is 0 Å². The zero-order valence-corrected chi connectivity index (χ0v) is 9.85. The molecule has 15 heavy (non-hydrogen) atoms. The van der Waals surface area contributed by atoms with Gasteiger partial charge in [0, 0.05) is 16.6 Å². The van der Waals surface area contributed by atoms with Gasteiger partial charge in [-0.3, -0.25) is 5.10 Å². The number of hydrogen-bond donors (Lipinski definition) is 2. The Balaban J connectivity index is 2.09. The van der Waals surface area contributed by atoms with E-state index in [9.17, 15) is 0 Å². The molecule has 1 unspecified atom stereocenters. The molecule has 0 spiro atoms. The molecular weight excluding hydrogens is 208 g/mol. The number of nitrogens with one attached hydrogen (secondary N) is 2. The number of hydrogen-bond acceptors (Lipinski definition) is 4. The lowest BCUT2D eigenvalue weighted by molar-refractivity contribution is 0.881. The highest BCUT2D eigenvalue weighted by atomic mass is 32.1. The fourth-order valence-corrected chi connectivity index (χ4v) is 2.20. The first kappa shape index (κ1) is 10.2. The van der Waals surface area contributed by atoms with E-state index in [1.807, 2.05) is 19.3 Å². The van der Waals surface area contributed by atoms with Crippen LogP contribution in [0, 0.1) is 13.8 Å². The van der Waals surface area contributed by atoms with E-state index in [-0.39, 0.29) is 6.04 Å². The van der Waals surface area contributed by atoms with E-state index in [0.29, 0.717) is 0 Å². The largest absolute Gasteiger partial charge is 0.355 e. The second-order valence-corrected chi connectivity index (χ2v) is 4.76. The number of H-pyrrole nitrogens is 1. The van der Waals surface area contributed by atoms with Crippen LogP contribution in [0.15, 0.2) is 12.4 Å². The summed E-state index contributed by atoms with van der Waals surface area (Å²) in [5.41, 5.74) is 2.24. The van der Waals surface area contributed by atoms with Crippen LogP contribution in [0.3, 0.4) is 0 Å². The van der Waals surface area contributed by atoms with Crippen LogP contribution in [-0.2, 0) is 0 Å². The van der Waals surface area contributed by atoms with Crippen LogP contribution < -0.4 is 5.32 Å². The predicted octanol–water partition coefficient (Wildman–Crippen LogP) is 2.66. The number of nitrogens with zero attached hydrogens (tertiary/aromatic N) is 2. The first-order chi connectivity index (χ1) is 7.16. The van der Waals surface area contributed by atoms with Crippen molar-refractivity contribution in [1.29, 1.82) is 0 Å². The summed E-state index contributed by atoms with van der Waals surface area (Å²) in [6.07, 6.45) is 3.72. The van der Waals surface area contributed by atoms with Gasteiger partial charge in [0.1, 0.15) is 0 Å². The summed E-state index contributed by atoms with van der Waals surface area (Å²) in [6, 6.07) is 0.230. The van der Waals surface area contributed by atoms with Crippen molar-refractivity contribution < 1.29 is 0 Å². The highest BCUT2D eigenvalue weighted by molar-refractivity contribution is 7.15. The first-order valence-corrected chi connectivity index (χ1v) is 5.67. The molecule has 2 rings (SSSR count). The van der Waals surface area contributed by atoms with E-state index in [1.54, 1.807) is 11.3 Å². The van der Waals surface area contributed by atoms with E-state index in [1.165, 1.54) is 4.88 Å². The van der Waals surface area contributed by atoms with Gasteiger partial charge in [0.2, 0.25) is 0 Å². The quantitative estimate of drug-likeness (QED) is 0.839. The molecule has 2 N–H and O–H groups in total. The molecular formula is C10H14N4S. The van der Waals surface area contributed by atoms with Gasteiger partial charge in [-0.2, -0.15) is 5.10 Å². The molecule has 1 atom stereocenters. The third-order valence-electron chi connectivity index (χ3n) is 2.39. The summed E-state index contributed by atoms with van der Waals surface area (Å²) >= 11 is 1.69. The molecule has 0 fully saturated rings. The molecule has 2 aromatic heterocycles. The number of anilines is 1. The van der Waals surface area contributed by atoms with Gasteiger partial charge >= 0.3 is 0 Å². The summed E-state index contributed by atoms with van der Waals surface area (Å²) < 4.78 is 0. The Bertz CT molecular complexity index is 413. The van der Waals surface area contributed by atoms with Gasteiger partial charge in [-0.25, -0.2) is 4.98 Å². The normalized spacial score (nSPS) is 12.7. The van der Waals surface area contributed by atoms with Crippen LogP contribution in [0.2, 0.25) is 0 Å². The molecule has 0 aromatic carbocycles. The highest BCUT2D eigenvalue weighted by Crippen LogP contribution is 2.25. The predicted molar refractivity (Wildman–Crippen MR) is 62.2 cm³/mol. The number of aromatic amines is 1. The molecule has 0 aliphatic heterocycles. The van der Waals surface area contributed by atoms with Gasteiger partial charge in [0.25, 0.3) is 0 Å². The highest BCUT2D eigenvalue weighted by Gasteiger charge is 2.09. The lowest BCUT2D eigenvalue weighted by Crippen LogP contribution is -2.05. The standard InChI is InChI=1S/C10H14N4S/c1-6-8(3)15-10(13-6)14-7(2)9-4-11-12-5-9/h4-5,7H,1-3H3,(H,11,12)(H,13,14). The summed E-state index contributed by atoms with van der Waals surface area (Å²) in [6.45, 7) is 6.21. The van der Waals surface area contributed by atoms with Gasteiger partial charge in [-0.05, 0) is 20.8 Å². The van der Waals surface area contributed by atoms with E-state index >= 15 is 0 Å². The van der Waals surface area contributed by atoms with Crippen LogP contribution in [0.4, 0.5) is 5.13 Å². The van der Waals surface area contributed by atoms with Gasteiger partial charge < -0.3 is 5.32 Å². The molecule has 80 valence electrons. The summed E-state index contributed by atoms with van der Waals surface area (Å²) in [5, 5.41) is 11.1. The Kier molecular flexibility index (Phi) is 2.73. The second-order valence-electron chi connectivity index (χ2n) is 3.56. The molecule has 2 aromatic rings. The van der Waals surface area contributed by atoms with Crippen molar-refractivity contribution >= 4 is 16.5 Å². The Hall–Kier alpha value is -1.36. The Morgan fingerprint density at radius 1 is 1.47 bits per heavy atom. The minimum Gasteiger partial charge on any atom is -0.355 e. The molecule has 0 aliphatic rings. The molecule has 0 amide bonds. The van der Waals surface area contributed by atoms with Crippen LogP contribution in [0.25, 0.3) is 0 Å². The number of aryl methyl sites for hydroxylation is 2. The Morgan fingerprint density at radius 2 is 2.27 bits per heavy atom. The van der Waals surface area contributed by atoms with Crippen LogP contribution in [0.5, 0.6) is 0 Å². The van der Waals surface area contributed by atoms with Crippen molar-refractivity contribution in [1.82, 2.24) is 15.2 Å². The Morgan fingerprint density at radius 3 is 2.80 bits per heavy atom. The molecule has 0 aliphatic carbocycles. The fraction of sp³-hybridized carbons (Fsp3) is 0.400. The number of aromatic nitrogens is 3. The van der Waals surface area contributed by atoms with Crippen LogP contribution in [-0.4, -0.2) is 15.2 Å². The molecule has 0 radical (unpaired) electrons. The third-order valence-corrected chi connectivity index (χ3v) is 3.39. The summed E-state index contributed by atoms with van der Waals surface area (Å²) in [5.74, 6) is 0. The first-order valence-electron chi connectivity index (χ1n) is 4.86. The lowest BCUT2D eigenvalue weighted by atomic mass is 10.2. The smallest absolute Gasteiger partial charge is 0.183 e. The van der Waals surface area contributed by atoms with Crippen molar-refractivity contribution in [3.05, 3.63) is 28.5 Å². The molecule has 5 heteroatoms. The van der Waals surface area contributed by atoms with E-state index in [4.69, 9.17) is 0 Å². The summed E-state index contributed by atoms with van der Waals surface area (Å²) in [7, 11) is 0. The van der Waals surface area contributed by atoms with Crippen LogP contribution >= 0.6 is 11.3 Å². The minimum atomic E-state index is 0.230. The maximum absolute atomic E-state index is 4.44. The van der Waals surface area contributed by atoms with E-state index in [0.717, 1.165) is 16.4 Å². The zero-order valence-electron chi connectivity index (χ0n) is 9.03. The van der Waals surface area contributed by atoms with Gasteiger partial charge in [-0.15, -0.1) is 11.3 Å². The van der Waals surface area contributed by atoms with Gasteiger partial charge in [0.15, 0.2) is 5.13 Å². The fourth-order valence-electron chi connectivity index (χ4n) is 1.30. The molecule has 2 heterocycles. The van der Waals surface area contributed by atoms with E-state index < -0.39 is 0 Å². The number of rotatable bonds is 3.